The van der Waals surface area contributed by atoms with Crippen molar-refractivity contribution in [3.63, 3.8) is 0 Å². The summed E-state index contributed by atoms with van der Waals surface area (Å²) in [5.74, 6) is 2.68. The normalized spacial score (nSPS) is 15.0. The van der Waals surface area contributed by atoms with Crippen molar-refractivity contribution >= 4 is 29.0 Å². The molecule has 4 rings (SSSR count). The van der Waals surface area contributed by atoms with Crippen LogP contribution in [-0.4, -0.2) is 51.2 Å². The molecule has 0 bridgehead atoms. The first-order valence-electron chi connectivity index (χ1n) is 8.09. The first kappa shape index (κ1) is 16.6. The van der Waals surface area contributed by atoms with Gasteiger partial charge >= 0.3 is 0 Å². The van der Waals surface area contributed by atoms with Gasteiger partial charge in [-0.1, -0.05) is 16.9 Å². The Hall–Kier alpha value is -1.91. The van der Waals surface area contributed by atoms with Gasteiger partial charge in [0.2, 0.25) is 17.7 Å². The number of thiophene rings is 1. The molecule has 25 heavy (non-hydrogen) atoms. The van der Waals surface area contributed by atoms with Gasteiger partial charge in [0, 0.05) is 30.6 Å². The minimum absolute atomic E-state index is 0.568. The lowest BCUT2D eigenvalue weighted by atomic mass is 10.3. The van der Waals surface area contributed by atoms with Crippen molar-refractivity contribution in [1.82, 2.24) is 24.9 Å². The Morgan fingerprint density at radius 2 is 2.16 bits per heavy atom. The molecule has 1 saturated heterocycles. The van der Waals surface area contributed by atoms with Gasteiger partial charge in [-0.15, -0.1) is 10.2 Å². The van der Waals surface area contributed by atoms with E-state index in [4.69, 9.17) is 9.26 Å². The highest BCUT2D eigenvalue weighted by Gasteiger charge is 2.20. The van der Waals surface area contributed by atoms with Crippen molar-refractivity contribution in [2.75, 3.05) is 31.2 Å². The molecule has 0 saturated carbocycles. The molecule has 8 nitrogen and oxygen atoms in total. The minimum atomic E-state index is 0.568. The molecule has 132 valence electrons. The van der Waals surface area contributed by atoms with Gasteiger partial charge in [0.1, 0.15) is 0 Å². The molecule has 10 heteroatoms. The molecule has 4 heterocycles. The van der Waals surface area contributed by atoms with Gasteiger partial charge in [0.25, 0.3) is 0 Å². The number of thioether (sulfide) groups is 1. The highest BCUT2D eigenvalue weighted by atomic mass is 32.2. The van der Waals surface area contributed by atoms with E-state index in [-0.39, 0.29) is 0 Å². The Balaban J connectivity index is 1.45. The Morgan fingerprint density at radius 3 is 2.92 bits per heavy atom. The predicted molar refractivity (Wildman–Crippen MR) is 95.9 cm³/mol. The van der Waals surface area contributed by atoms with Crippen LogP contribution in [0.1, 0.15) is 12.8 Å². The van der Waals surface area contributed by atoms with Gasteiger partial charge in [0.05, 0.1) is 19.0 Å². The zero-order valence-electron chi connectivity index (χ0n) is 13.8. The molecule has 0 aliphatic carbocycles. The molecule has 0 amide bonds. The van der Waals surface area contributed by atoms with Crippen molar-refractivity contribution in [3.05, 3.63) is 22.7 Å². The average Bonchev–Trinajstić information content (AvgIpc) is 3.39. The van der Waals surface area contributed by atoms with Crippen LogP contribution >= 0.6 is 23.1 Å². The SMILES string of the molecule is CCn1c(SCc2nc(-c3ccsc3)no2)nnc1N1CCOCC1. The Kier molecular flexibility index (Phi) is 4.99. The quantitative estimate of drug-likeness (QED) is 0.605. The van der Waals surface area contributed by atoms with E-state index >= 15 is 0 Å². The van der Waals surface area contributed by atoms with Crippen LogP contribution in [0.3, 0.4) is 0 Å². The maximum atomic E-state index is 5.41. The second kappa shape index (κ2) is 7.54. The fourth-order valence-electron chi connectivity index (χ4n) is 2.61. The van der Waals surface area contributed by atoms with Gasteiger partial charge < -0.3 is 14.2 Å². The Bertz CT molecular complexity index is 810. The van der Waals surface area contributed by atoms with E-state index in [2.05, 4.69) is 36.7 Å². The largest absolute Gasteiger partial charge is 0.378 e. The van der Waals surface area contributed by atoms with E-state index < -0.39 is 0 Å². The van der Waals surface area contributed by atoms with E-state index in [1.807, 2.05) is 16.8 Å². The van der Waals surface area contributed by atoms with Crippen LogP contribution in [0.15, 0.2) is 26.5 Å². The molecule has 1 aliphatic heterocycles. The highest BCUT2D eigenvalue weighted by molar-refractivity contribution is 7.98. The maximum absolute atomic E-state index is 5.41. The van der Waals surface area contributed by atoms with Crippen molar-refractivity contribution in [2.45, 2.75) is 24.4 Å². The summed E-state index contributed by atoms with van der Waals surface area (Å²) >= 11 is 3.17. The Morgan fingerprint density at radius 1 is 1.28 bits per heavy atom. The van der Waals surface area contributed by atoms with Gasteiger partial charge in [-0.2, -0.15) is 16.3 Å². The number of hydrogen-bond donors (Lipinski definition) is 0. The third-order valence-corrected chi connectivity index (χ3v) is 5.51. The van der Waals surface area contributed by atoms with Crippen LogP contribution in [0.25, 0.3) is 11.4 Å². The van der Waals surface area contributed by atoms with E-state index in [1.165, 1.54) is 0 Å². The van der Waals surface area contributed by atoms with Crippen LogP contribution in [0.5, 0.6) is 0 Å². The summed E-state index contributed by atoms with van der Waals surface area (Å²) in [4.78, 5) is 6.66. The molecule has 1 aliphatic rings. The maximum Gasteiger partial charge on any atom is 0.237 e. The van der Waals surface area contributed by atoms with Crippen LogP contribution < -0.4 is 4.90 Å². The standard InChI is InChI=1S/C15H18N6O2S2/c1-2-21-14(20-4-6-22-7-5-20)17-18-15(21)25-10-12-16-13(19-23-12)11-3-8-24-9-11/h3,8-9H,2,4-7,10H2,1H3. The lowest BCUT2D eigenvalue weighted by molar-refractivity contribution is 0.121. The van der Waals surface area contributed by atoms with Crippen LogP contribution in [0.2, 0.25) is 0 Å². The van der Waals surface area contributed by atoms with Gasteiger partial charge in [-0.25, -0.2) is 0 Å². The summed E-state index contributed by atoms with van der Waals surface area (Å²) in [6.07, 6.45) is 0. The molecule has 0 atom stereocenters. The molecule has 3 aromatic rings. The molecular weight excluding hydrogens is 360 g/mol. The van der Waals surface area contributed by atoms with Crippen LogP contribution in [0.4, 0.5) is 5.95 Å². The number of anilines is 1. The fourth-order valence-corrected chi connectivity index (χ4v) is 4.08. The number of hydrogen-bond acceptors (Lipinski definition) is 9. The summed E-state index contributed by atoms with van der Waals surface area (Å²) in [6, 6.07) is 1.98. The number of ether oxygens (including phenoxy) is 1. The molecule has 0 aromatic carbocycles. The van der Waals surface area contributed by atoms with E-state index in [1.54, 1.807) is 23.1 Å². The molecule has 0 unspecified atom stereocenters. The lowest BCUT2D eigenvalue weighted by Gasteiger charge is -2.27. The van der Waals surface area contributed by atoms with Crippen molar-refractivity contribution in [2.24, 2.45) is 0 Å². The van der Waals surface area contributed by atoms with Gasteiger partial charge in [0.15, 0.2) is 5.16 Å². The topological polar surface area (TPSA) is 82.1 Å². The number of nitrogens with zero attached hydrogens (tertiary/aromatic N) is 6. The monoisotopic (exact) mass is 378 g/mol. The van der Waals surface area contributed by atoms with Crippen molar-refractivity contribution in [1.29, 1.82) is 0 Å². The third kappa shape index (κ3) is 3.55. The van der Waals surface area contributed by atoms with Gasteiger partial charge in [-0.3, -0.25) is 4.57 Å². The summed E-state index contributed by atoms with van der Waals surface area (Å²) < 4.78 is 12.9. The summed E-state index contributed by atoms with van der Waals surface area (Å²) in [5, 5.41) is 17.6. The molecule has 0 N–H and O–H groups in total. The van der Waals surface area contributed by atoms with Crippen molar-refractivity contribution in [3.8, 4) is 11.4 Å². The Labute approximate surface area is 153 Å². The lowest BCUT2D eigenvalue weighted by Crippen LogP contribution is -2.38. The number of morpholine rings is 1. The zero-order valence-corrected chi connectivity index (χ0v) is 15.4. The average molecular weight is 378 g/mol. The summed E-state index contributed by atoms with van der Waals surface area (Å²) in [6.45, 7) is 6.05. The fraction of sp³-hybridized carbons (Fsp3) is 0.467. The zero-order chi connectivity index (χ0) is 17.1. The third-order valence-electron chi connectivity index (χ3n) is 3.88. The molecule has 0 spiro atoms. The second-order valence-corrected chi connectivity index (χ2v) is 7.16. The molecule has 1 fully saturated rings. The second-order valence-electron chi connectivity index (χ2n) is 5.44. The van der Waals surface area contributed by atoms with Crippen molar-refractivity contribution < 1.29 is 9.26 Å². The van der Waals surface area contributed by atoms with Crippen LogP contribution in [0, 0.1) is 0 Å². The minimum Gasteiger partial charge on any atom is -0.378 e. The van der Waals surface area contributed by atoms with E-state index in [0.29, 0.717) is 17.5 Å². The molecular formula is C15H18N6O2S2. The van der Waals surface area contributed by atoms with Crippen LogP contribution in [-0.2, 0) is 17.0 Å². The molecule has 3 aromatic heterocycles. The smallest absolute Gasteiger partial charge is 0.237 e. The first-order valence-corrected chi connectivity index (χ1v) is 10.0. The predicted octanol–water partition coefficient (Wildman–Crippen LogP) is 2.54. The number of aromatic nitrogens is 5. The highest BCUT2D eigenvalue weighted by Crippen LogP contribution is 2.26. The first-order chi connectivity index (χ1) is 12.3. The number of rotatable bonds is 6. The summed E-state index contributed by atoms with van der Waals surface area (Å²) in [5.41, 5.74) is 0.983. The van der Waals surface area contributed by atoms with Gasteiger partial charge in [-0.05, 0) is 18.4 Å². The van der Waals surface area contributed by atoms with E-state index in [9.17, 15) is 0 Å². The summed E-state index contributed by atoms with van der Waals surface area (Å²) in [7, 11) is 0. The van der Waals surface area contributed by atoms with E-state index in [0.717, 1.165) is 49.5 Å². The molecule has 0 radical (unpaired) electrons.